The van der Waals surface area contributed by atoms with Gasteiger partial charge in [-0.3, -0.25) is 0 Å². The smallest absolute Gasteiger partial charge is 0.0366 e. The summed E-state index contributed by atoms with van der Waals surface area (Å²) in [5, 5.41) is 0. The van der Waals surface area contributed by atoms with Crippen molar-refractivity contribution in [2.24, 2.45) is 11.7 Å². The molecule has 14 heavy (non-hydrogen) atoms. The topological polar surface area (TPSA) is 29.3 Å². The van der Waals surface area contributed by atoms with Crippen molar-refractivity contribution in [3.8, 4) is 0 Å². The second-order valence-corrected chi connectivity index (χ2v) is 3.67. The highest BCUT2D eigenvalue weighted by molar-refractivity contribution is 5.85. The zero-order valence-electron chi connectivity index (χ0n) is 8.23. The minimum Gasteiger partial charge on any atom is -0.371 e. The number of anilines is 1. The zero-order valence-corrected chi connectivity index (χ0v) is 9.04. The van der Waals surface area contributed by atoms with Gasteiger partial charge in [0, 0.05) is 18.8 Å². The lowest BCUT2D eigenvalue weighted by Gasteiger charge is -2.17. The molecule has 1 aromatic rings. The van der Waals surface area contributed by atoms with Gasteiger partial charge < -0.3 is 10.6 Å². The number of nitrogens with two attached hydrogens (primary N) is 1. The van der Waals surface area contributed by atoms with Crippen molar-refractivity contribution >= 4 is 18.1 Å². The number of hydrogen-bond donors (Lipinski definition) is 1. The van der Waals surface area contributed by atoms with Crippen LogP contribution in [0.15, 0.2) is 30.3 Å². The first-order chi connectivity index (χ1) is 6.40. The summed E-state index contributed by atoms with van der Waals surface area (Å²) in [5.41, 5.74) is 6.98. The van der Waals surface area contributed by atoms with Crippen LogP contribution in [0.1, 0.15) is 6.42 Å². The maximum absolute atomic E-state index is 5.65. The minimum atomic E-state index is 0. The molecular weight excluding hydrogens is 196 g/mol. The fourth-order valence-corrected chi connectivity index (χ4v) is 1.90. The summed E-state index contributed by atoms with van der Waals surface area (Å²) in [6.07, 6.45) is 1.24. The van der Waals surface area contributed by atoms with Crippen LogP contribution in [0.3, 0.4) is 0 Å². The van der Waals surface area contributed by atoms with Gasteiger partial charge in [0.25, 0.3) is 0 Å². The van der Waals surface area contributed by atoms with Crippen LogP contribution in [0, 0.1) is 5.92 Å². The van der Waals surface area contributed by atoms with E-state index < -0.39 is 0 Å². The normalized spacial score (nSPS) is 20.6. The van der Waals surface area contributed by atoms with Gasteiger partial charge in [0.05, 0.1) is 0 Å². The van der Waals surface area contributed by atoms with Gasteiger partial charge in [0.1, 0.15) is 0 Å². The van der Waals surface area contributed by atoms with E-state index in [1.807, 2.05) is 0 Å². The second-order valence-electron chi connectivity index (χ2n) is 3.67. The van der Waals surface area contributed by atoms with Crippen LogP contribution in [0.4, 0.5) is 5.69 Å². The summed E-state index contributed by atoms with van der Waals surface area (Å²) in [5.74, 6) is 0.695. The molecule has 0 aliphatic carbocycles. The Balaban J connectivity index is 0.000000980. The molecule has 2 nitrogen and oxygen atoms in total. The summed E-state index contributed by atoms with van der Waals surface area (Å²) >= 11 is 0. The molecule has 1 aliphatic heterocycles. The molecule has 0 aromatic heterocycles. The molecular formula is C11H17ClN2. The minimum absolute atomic E-state index is 0. The quantitative estimate of drug-likeness (QED) is 0.812. The van der Waals surface area contributed by atoms with Crippen LogP contribution >= 0.6 is 12.4 Å². The lowest BCUT2D eigenvalue weighted by atomic mass is 10.1. The molecule has 78 valence electrons. The predicted octanol–water partition coefficient (Wildman–Crippen LogP) is 1.89. The molecule has 0 saturated carbocycles. The van der Waals surface area contributed by atoms with Gasteiger partial charge >= 0.3 is 0 Å². The highest BCUT2D eigenvalue weighted by atomic mass is 35.5. The summed E-state index contributed by atoms with van der Waals surface area (Å²) in [6, 6.07) is 10.6. The van der Waals surface area contributed by atoms with E-state index in [9.17, 15) is 0 Å². The van der Waals surface area contributed by atoms with Crippen LogP contribution in [0.2, 0.25) is 0 Å². The molecule has 2 rings (SSSR count). The average Bonchev–Trinajstić information content (AvgIpc) is 2.67. The van der Waals surface area contributed by atoms with E-state index in [4.69, 9.17) is 5.73 Å². The Kier molecular flexibility index (Phi) is 4.23. The lowest BCUT2D eigenvalue weighted by molar-refractivity contribution is 0.602. The maximum atomic E-state index is 5.65. The number of para-hydroxylation sites is 1. The molecule has 1 heterocycles. The van der Waals surface area contributed by atoms with Gasteiger partial charge in [0.15, 0.2) is 0 Å². The van der Waals surface area contributed by atoms with Gasteiger partial charge in [-0.2, -0.15) is 0 Å². The fraction of sp³-hybridized carbons (Fsp3) is 0.455. The van der Waals surface area contributed by atoms with Gasteiger partial charge in [0.2, 0.25) is 0 Å². The Bertz CT molecular complexity index is 263. The van der Waals surface area contributed by atoms with Gasteiger partial charge in [-0.15, -0.1) is 12.4 Å². The van der Waals surface area contributed by atoms with Crippen molar-refractivity contribution < 1.29 is 0 Å². The van der Waals surface area contributed by atoms with E-state index in [0.29, 0.717) is 5.92 Å². The lowest BCUT2D eigenvalue weighted by Crippen LogP contribution is -2.22. The highest BCUT2D eigenvalue weighted by Gasteiger charge is 2.20. The molecule has 0 amide bonds. The Labute approximate surface area is 91.5 Å². The molecule has 0 spiro atoms. The third-order valence-electron chi connectivity index (χ3n) is 2.74. The zero-order chi connectivity index (χ0) is 9.10. The summed E-state index contributed by atoms with van der Waals surface area (Å²) in [7, 11) is 0. The van der Waals surface area contributed by atoms with E-state index >= 15 is 0 Å². The Morgan fingerprint density at radius 3 is 2.57 bits per heavy atom. The third kappa shape index (κ3) is 2.40. The largest absolute Gasteiger partial charge is 0.371 e. The second kappa shape index (κ2) is 5.23. The van der Waals surface area contributed by atoms with Crippen molar-refractivity contribution in [1.29, 1.82) is 0 Å². The molecule has 1 aromatic carbocycles. The van der Waals surface area contributed by atoms with Crippen molar-refractivity contribution in [2.75, 3.05) is 24.5 Å². The summed E-state index contributed by atoms with van der Waals surface area (Å²) in [4.78, 5) is 2.41. The van der Waals surface area contributed by atoms with E-state index in [-0.39, 0.29) is 12.4 Å². The third-order valence-corrected chi connectivity index (χ3v) is 2.74. The molecule has 1 aliphatic rings. The van der Waals surface area contributed by atoms with Gasteiger partial charge in [-0.1, -0.05) is 18.2 Å². The van der Waals surface area contributed by atoms with Crippen molar-refractivity contribution in [3.63, 3.8) is 0 Å². The molecule has 1 fully saturated rings. The summed E-state index contributed by atoms with van der Waals surface area (Å²) < 4.78 is 0. The van der Waals surface area contributed by atoms with Gasteiger partial charge in [-0.05, 0) is 31.0 Å². The summed E-state index contributed by atoms with van der Waals surface area (Å²) in [6.45, 7) is 3.11. The Hall–Kier alpha value is -0.730. The average molecular weight is 213 g/mol. The first-order valence-electron chi connectivity index (χ1n) is 4.90. The molecule has 1 saturated heterocycles. The van der Waals surface area contributed by atoms with Crippen LogP contribution in [0.25, 0.3) is 0 Å². The van der Waals surface area contributed by atoms with Crippen LogP contribution in [0.5, 0.6) is 0 Å². The predicted molar refractivity (Wildman–Crippen MR) is 63.1 cm³/mol. The first-order valence-corrected chi connectivity index (χ1v) is 4.90. The molecule has 1 atom stereocenters. The molecule has 0 radical (unpaired) electrons. The van der Waals surface area contributed by atoms with E-state index in [0.717, 1.165) is 19.6 Å². The van der Waals surface area contributed by atoms with Crippen molar-refractivity contribution in [3.05, 3.63) is 30.3 Å². The van der Waals surface area contributed by atoms with Crippen LogP contribution < -0.4 is 10.6 Å². The number of halogens is 1. The molecule has 0 unspecified atom stereocenters. The number of benzene rings is 1. The monoisotopic (exact) mass is 212 g/mol. The number of nitrogens with zero attached hydrogens (tertiary/aromatic N) is 1. The van der Waals surface area contributed by atoms with E-state index in [1.54, 1.807) is 0 Å². The number of hydrogen-bond acceptors (Lipinski definition) is 2. The number of rotatable bonds is 2. The van der Waals surface area contributed by atoms with Gasteiger partial charge in [-0.25, -0.2) is 0 Å². The Morgan fingerprint density at radius 2 is 2.00 bits per heavy atom. The Morgan fingerprint density at radius 1 is 1.29 bits per heavy atom. The highest BCUT2D eigenvalue weighted by Crippen LogP contribution is 2.22. The molecule has 3 heteroatoms. The van der Waals surface area contributed by atoms with Crippen LogP contribution in [-0.2, 0) is 0 Å². The van der Waals surface area contributed by atoms with E-state index in [1.165, 1.54) is 12.1 Å². The molecule has 2 N–H and O–H groups in total. The van der Waals surface area contributed by atoms with Crippen molar-refractivity contribution in [2.45, 2.75) is 6.42 Å². The first kappa shape index (κ1) is 11.3. The van der Waals surface area contributed by atoms with Crippen molar-refractivity contribution in [1.82, 2.24) is 0 Å². The van der Waals surface area contributed by atoms with Crippen LogP contribution in [-0.4, -0.2) is 19.6 Å². The standard InChI is InChI=1S/C11H16N2.ClH/c12-8-10-6-7-13(9-10)11-4-2-1-3-5-11;/h1-5,10H,6-9,12H2;1H/t10-;/m0./s1. The maximum Gasteiger partial charge on any atom is 0.0366 e. The molecule has 0 bridgehead atoms. The SMILES string of the molecule is Cl.NC[C@@H]1CCN(c2ccccc2)C1. The van der Waals surface area contributed by atoms with E-state index in [2.05, 4.69) is 35.2 Å². The fourth-order valence-electron chi connectivity index (χ4n) is 1.90.